The molecule has 0 aliphatic carbocycles. The summed E-state index contributed by atoms with van der Waals surface area (Å²) < 4.78 is 2.48. The number of thioether (sulfide) groups is 1. The van der Waals surface area contributed by atoms with Gasteiger partial charge in [0, 0.05) is 24.1 Å². The molecule has 0 fully saturated rings. The maximum Gasteiger partial charge on any atom is 0.258 e. The second-order valence-electron chi connectivity index (χ2n) is 4.64. The number of fused-ring (bicyclic) bond motifs is 1. The maximum absolute atomic E-state index is 12.2. The topological polar surface area (TPSA) is 72.2 Å². The van der Waals surface area contributed by atoms with Gasteiger partial charge >= 0.3 is 0 Å². The molecule has 114 valence electrons. The third-order valence-corrected chi connectivity index (χ3v) is 5.06. The van der Waals surface area contributed by atoms with E-state index in [1.807, 2.05) is 32.0 Å². The Morgan fingerprint density at radius 1 is 1.36 bits per heavy atom. The van der Waals surface area contributed by atoms with E-state index >= 15 is 0 Å². The van der Waals surface area contributed by atoms with Gasteiger partial charge < -0.3 is 5.32 Å². The van der Waals surface area contributed by atoms with E-state index in [1.165, 1.54) is 23.1 Å². The van der Waals surface area contributed by atoms with Gasteiger partial charge in [0.2, 0.25) is 5.13 Å². The van der Waals surface area contributed by atoms with Crippen molar-refractivity contribution < 1.29 is 0 Å². The number of pyridine rings is 1. The molecule has 0 aromatic carbocycles. The number of anilines is 1. The molecule has 3 aromatic rings. The highest BCUT2D eigenvalue weighted by Crippen LogP contribution is 2.27. The number of hydrogen-bond donors (Lipinski definition) is 1. The summed E-state index contributed by atoms with van der Waals surface area (Å²) in [6, 6.07) is 7.23. The first-order chi connectivity index (χ1) is 10.7. The lowest BCUT2D eigenvalue weighted by molar-refractivity contribution is 0.966. The molecule has 22 heavy (non-hydrogen) atoms. The number of nitrogens with one attached hydrogen (secondary N) is 1. The van der Waals surface area contributed by atoms with E-state index < -0.39 is 0 Å². The lowest BCUT2D eigenvalue weighted by atomic mass is 10.3. The van der Waals surface area contributed by atoms with E-state index in [4.69, 9.17) is 0 Å². The van der Waals surface area contributed by atoms with Gasteiger partial charge in [0.1, 0.15) is 5.65 Å². The highest BCUT2D eigenvalue weighted by Gasteiger charge is 2.07. The van der Waals surface area contributed by atoms with Crippen molar-refractivity contribution in [3.05, 3.63) is 46.0 Å². The van der Waals surface area contributed by atoms with Crippen molar-refractivity contribution in [1.82, 2.24) is 19.6 Å². The summed E-state index contributed by atoms with van der Waals surface area (Å²) in [6.45, 7) is 4.73. The fraction of sp³-hybridized carbons (Fsp3) is 0.286. The average Bonchev–Trinajstić information content (AvgIpc) is 2.93. The van der Waals surface area contributed by atoms with E-state index in [2.05, 4.69) is 20.5 Å². The van der Waals surface area contributed by atoms with Gasteiger partial charge in [0.05, 0.1) is 5.69 Å². The van der Waals surface area contributed by atoms with Crippen molar-refractivity contribution in [1.29, 1.82) is 0 Å². The standard InChI is InChI=1S/C14H15N5OS2/c1-3-15-13-17-18-14(22-13)21-8-10-7-12(20)19-9(2)5-4-6-11(19)16-10/h4-7H,3,8H2,1-2H3,(H,15,17). The third-order valence-electron chi connectivity index (χ3n) is 3.01. The van der Waals surface area contributed by atoms with E-state index in [-0.39, 0.29) is 5.56 Å². The number of aromatic nitrogens is 4. The Morgan fingerprint density at radius 3 is 3.05 bits per heavy atom. The predicted octanol–water partition coefficient (Wildman–Crippen LogP) is 2.58. The molecule has 8 heteroatoms. The average molecular weight is 333 g/mol. The van der Waals surface area contributed by atoms with Crippen molar-refractivity contribution in [2.45, 2.75) is 23.9 Å². The number of rotatable bonds is 5. The number of hydrogen-bond acceptors (Lipinski definition) is 7. The zero-order valence-electron chi connectivity index (χ0n) is 12.2. The van der Waals surface area contributed by atoms with Crippen LogP contribution in [-0.4, -0.2) is 26.1 Å². The van der Waals surface area contributed by atoms with Crippen molar-refractivity contribution in [3.63, 3.8) is 0 Å². The van der Waals surface area contributed by atoms with Gasteiger partial charge in [-0.15, -0.1) is 10.2 Å². The molecule has 0 radical (unpaired) electrons. The van der Waals surface area contributed by atoms with Gasteiger partial charge in [0.25, 0.3) is 5.56 Å². The molecular weight excluding hydrogens is 318 g/mol. The van der Waals surface area contributed by atoms with Gasteiger partial charge in [-0.25, -0.2) is 4.98 Å². The lowest BCUT2D eigenvalue weighted by Gasteiger charge is -2.05. The van der Waals surface area contributed by atoms with Gasteiger partial charge in [-0.05, 0) is 26.0 Å². The first kappa shape index (κ1) is 15.0. The van der Waals surface area contributed by atoms with Crippen molar-refractivity contribution in [2.24, 2.45) is 0 Å². The fourth-order valence-electron chi connectivity index (χ4n) is 2.06. The van der Waals surface area contributed by atoms with Crippen LogP contribution < -0.4 is 10.9 Å². The Balaban J connectivity index is 1.80. The zero-order chi connectivity index (χ0) is 15.5. The molecule has 0 saturated heterocycles. The molecule has 1 N–H and O–H groups in total. The van der Waals surface area contributed by atoms with Gasteiger partial charge in [0.15, 0.2) is 4.34 Å². The maximum atomic E-state index is 12.2. The van der Waals surface area contributed by atoms with Crippen LogP contribution in [0.5, 0.6) is 0 Å². The van der Waals surface area contributed by atoms with Crippen LogP contribution in [-0.2, 0) is 5.75 Å². The van der Waals surface area contributed by atoms with E-state index in [0.29, 0.717) is 11.4 Å². The molecular formula is C14H15N5OS2. The smallest absolute Gasteiger partial charge is 0.258 e. The molecule has 0 aliphatic heterocycles. The van der Waals surface area contributed by atoms with Crippen LogP contribution in [0.25, 0.3) is 5.65 Å². The molecule has 6 nitrogen and oxygen atoms in total. The zero-order valence-corrected chi connectivity index (χ0v) is 13.9. The summed E-state index contributed by atoms with van der Waals surface area (Å²) in [5.41, 5.74) is 2.26. The molecule has 0 spiro atoms. The molecule has 0 aliphatic rings. The van der Waals surface area contributed by atoms with Crippen molar-refractivity contribution in [3.8, 4) is 0 Å². The quantitative estimate of drug-likeness (QED) is 0.724. The molecule has 3 heterocycles. The van der Waals surface area contributed by atoms with Gasteiger partial charge in [-0.1, -0.05) is 29.2 Å². The van der Waals surface area contributed by atoms with Crippen LogP contribution >= 0.6 is 23.1 Å². The minimum atomic E-state index is -0.0516. The molecule has 0 bridgehead atoms. The molecule has 3 rings (SSSR count). The number of aryl methyl sites for hydroxylation is 1. The lowest BCUT2D eigenvalue weighted by Crippen LogP contribution is -2.17. The molecule has 0 atom stereocenters. The summed E-state index contributed by atoms with van der Waals surface area (Å²) in [5.74, 6) is 0.598. The normalized spacial score (nSPS) is 11.0. The van der Waals surface area contributed by atoms with E-state index in [0.717, 1.165) is 27.4 Å². The van der Waals surface area contributed by atoms with Gasteiger partial charge in [-0.3, -0.25) is 9.20 Å². The van der Waals surface area contributed by atoms with Crippen LogP contribution in [0, 0.1) is 6.92 Å². The minimum absolute atomic E-state index is 0.0516. The predicted molar refractivity (Wildman–Crippen MR) is 89.8 cm³/mol. The minimum Gasteiger partial charge on any atom is -0.360 e. The molecule has 0 saturated carbocycles. The largest absolute Gasteiger partial charge is 0.360 e. The van der Waals surface area contributed by atoms with Crippen LogP contribution in [0.15, 0.2) is 33.4 Å². The molecule has 0 amide bonds. The van der Waals surface area contributed by atoms with Crippen LogP contribution in [0.1, 0.15) is 18.3 Å². The summed E-state index contributed by atoms with van der Waals surface area (Å²) >= 11 is 3.04. The SMILES string of the molecule is CCNc1nnc(SCc2cc(=O)n3c(C)cccc3n2)s1. The van der Waals surface area contributed by atoms with Crippen molar-refractivity contribution in [2.75, 3.05) is 11.9 Å². The van der Waals surface area contributed by atoms with Crippen molar-refractivity contribution >= 4 is 33.9 Å². The van der Waals surface area contributed by atoms with E-state index in [1.54, 1.807) is 10.5 Å². The first-order valence-corrected chi connectivity index (χ1v) is 8.66. The van der Waals surface area contributed by atoms with Crippen LogP contribution in [0.3, 0.4) is 0 Å². The van der Waals surface area contributed by atoms with Crippen LogP contribution in [0.2, 0.25) is 0 Å². The summed E-state index contributed by atoms with van der Waals surface area (Å²) in [5, 5.41) is 12.1. The second kappa shape index (κ2) is 6.45. The van der Waals surface area contributed by atoms with Gasteiger partial charge in [-0.2, -0.15) is 0 Å². The van der Waals surface area contributed by atoms with E-state index in [9.17, 15) is 4.79 Å². The number of nitrogens with zero attached hydrogens (tertiary/aromatic N) is 4. The highest BCUT2D eigenvalue weighted by atomic mass is 32.2. The summed E-state index contributed by atoms with van der Waals surface area (Å²) in [6.07, 6.45) is 0. The Labute approximate surface area is 135 Å². The molecule has 3 aromatic heterocycles. The Morgan fingerprint density at radius 2 is 2.23 bits per heavy atom. The summed E-state index contributed by atoms with van der Waals surface area (Å²) in [4.78, 5) is 16.7. The Kier molecular flexibility index (Phi) is 4.39. The second-order valence-corrected chi connectivity index (χ2v) is 6.84. The fourth-order valence-corrected chi connectivity index (χ4v) is 3.78. The first-order valence-electron chi connectivity index (χ1n) is 6.86. The Hall–Kier alpha value is -1.93. The third kappa shape index (κ3) is 3.12. The highest BCUT2D eigenvalue weighted by molar-refractivity contribution is 8.00. The summed E-state index contributed by atoms with van der Waals surface area (Å²) in [7, 11) is 0. The molecule has 0 unspecified atom stereocenters. The van der Waals surface area contributed by atoms with Crippen LogP contribution in [0.4, 0.5) is 5.13 Å². The Bertz CT molecular complexity index is 858. The monoisotopic (exact) mass is 333 g/mol.